The van der Waals surface area contributed by atoms with Gasteiger partial charge in [-0.3, -0.25) is 0 Å². The molecule has 0 amide bonds. The maximum Gasteiger partial charge on any atom is 0.119 e. The Hall–Kier alpha value is -0.000000000000000111. The van der Waals surface area contributed by atoms with E-state index in [1.165, 1.54) is 3.57 Å². The number of hydrogen-bond donors (Lipinski definition) is 0. The Morgan fingerprint density at radius 1 is 1.07 bits per heavy atom. The third-order valence-corrected chi connectivity index (χ3v) is 2.40. The number of ether oxygens (including phenoxy) is 2. The molecule has 2 nitrogen and oxygen atoms in total. The molecular formula is C10H12ClIO2. The van der Waals surface area contributed by atoms with E-state index < -0.39 is 0 Å². The second-order valence-corrected chi connectivity index (χ2v) is 4.23. The average molecular weight is 327 g/mol. The van der Waals surface area contributed by atoms with Crippen LogP contribution in [-0.2, 0) is 4.74 Å². The predicted molar refractivity (Wildman–Crippen MR) is 66.2 cm³/mol. The van der Waals surface area contributed by atoms with Crippen molar-refractivity contribution in [1.29, 1.82) is 0 Å². The van der Waals surface area contributed by atoms with Crippen molar-refractivity contribution in [1.82, 2.24) is 0 Å². The molecule has 0 saturated carbocycles. The standard InChI is InChI=1S/C10H12ClIO2/c11-5-6-13-7-8-14-10-3-1-9(12)2-4-10/h1-4H,5-8H2. The van der Waals surface area contributed by atoms with Crippen LogP contribution in [0.5, 0.6) is 5.75 Å². The second-order valence-electron chi connectivity index (χ2n) is 2.60. The highest BCUT2D eigenvalue weighted by atomic mass is 127. The van der Waals surface area contributed by atoms with Gasteiger partial charge in [-0.2, -0.15) is 0 Å². The summed E-state index contributed by atoms with van der Waals surface area (Å²) in [5.41, 5.74) is 0. The lowest BCUT2D eigenvalue weighted by atomic mass is 10.3. The normalized spacial score (nSPS) is 10.1. The van der Waals surface area contributed by atoms with Crippen LogP contribution in [0.1, 0.15) is 0 Å². The summed E-state index contributed by atoms with van der Waals surface area (Å²) >= 11 is 7.71. The van der Waals surface area contributed by atoms with Gasteiger partial charge in [-0.1, -0.05) is 0 Å². The van der Waals surface area contributed by atoms with Gasteiger partial charge in [-0.15, -0.1) is 11.6 Å². The van der Waals surface area contributed by atoms with Gasteiger partial charge in [-0.25, -0.2) is 0 Å². The first-order chi connectivity index (χ1) is 6.83. The van der Waals surface area contributed by atoms with Crippen molar-refractivity contribution in [3.8, 4) is 5.75 Å². The third-order valence-electron chi connectivity index (χ3n) is 1.53. The van der Waals surface area contributed by atoms with Crippen molar-refractivity contribution in [2.45, 2.75) is 0 Å². The van der Waals surface area contributed by atoms with Gasteiger partial charge in [0.25, 0.3) is 0 Å². The molecule has 0 unspecified atom stereocenters. The molecule has 78 valence electrons. The van der Waals surface area contributed by atoms with Gasteiger partial charge in [0.2, 0.25) is 0 Å². The summed E-state index contributed by atoms with van der Waals surface area (Å²) in [5, 5.41) is 0. The summed E-state index contributed by atoms with van der Waals surface area (Å²) in [5.74, 6) is 1.41. The minimum Gasteiger partial charge on any atom is -0.491 e. The van der Waals surface area contributed by atoms with Crippen molar-refractivity contribution in [3.05, 3.63) is 27.8 Å². The lowest BCUT2D eigenvalue weighted by Crippen LogP contribution is -2.07. The van der Waals surface area contributed by atoms with Crippen molar-refractivity contribution in [2.24, 2.45) is 0 Å². The zero-order valence-electron chi connectivity index (χ0n) is 7.71. The Morgan fingerprint density at radius 2 is 1.79 bits per heavy atom. The molecule has 1 rings (SSSR count). The van der Waals surface area contributed by atoms with Crippen LogP contribution < -0.4 is 4.74 Å². The number of halogens is 2. The molecule has 14 heavy (non-hydrogen) atoms. The molecule has 0 atom stereocenters. The fourth-order valence-electron chi connectivity index (χ4n) is 0.906. The summed E-state index contributed by atoms with van der Waals surface area (Å²) in [6.45, 7) is 1.73. The average Bonchev–Trinajstić information content (AvgIpc) is 2.21. The van der Waals surface area contributed by atoms with E-state index in [2.05, 4.69) is 22.6 Å². The largest absolute Gasteiger partial charge is 0.491 e. The number of benzene rings is 1. The molecule has 0 bridgehead atoms. The van der Waals surface area contributed by atoms with E-state index in [-0.39, 0.29) is 0 Å². The molecule has 0 spiro atoms. The first-order valence-electron chi connectivity index (χ1n) is 4.35. The summed E-state index contributed by atoms with van der Waals surface area (Å²) < 4.78 is 11.8. The number of rotatable bonds is 6. The first-order valence-corrected chi connectivity index (χ1v) is 5.96. The monoisotopic (exact) mass is 326 g/mol. The molecular weight excluding hydrogens is 314 g/mol. The fourth-order valence-corrected chi connectivity index (χ4v) is 1.37. The zero-order valence-corrected chi connectivity index (χ0v) is 10.6. The predicted octanol–water partition coefficient (Wildman–Crippen LogP) is 2.93. The van der Waals surface area contributed by atoms with Crippen LogP contribution in [0.4, 0.5) is 0 Å². The number of hydrogen-bond acceptors (Lipinski definition) is 2. The van der Waals surface area contributed by atoms with Crippen molar-refractivity contribution in [3.63, 3.8) is 0 Å². The van der Waals surface area contributed by atoms with E-state index in [0.29, 0.717) is 25.7 Å². The molecule has 1 aromatic carbocycles. The van der Waals surface area contributed by atoms with E-state index in [4.69, 9.17) is 21.1 Å². The molecule has 0 aliphatic heterocycles. The Kier molecular flexibility index (Phi) is 6.31. The quantitative estimate of drug-likeness (QED) is 0.455. The van der Waals surface area contributed by atoms with Crippen molar-refractivity contribution >= 4 is 34.2 Å². The molecule has 0 saturated heterocycles. The Labute approximate surface area is 103 Å². The topological polar surface area (TPSA) is 18.5 Å². The second kappa shape index (κ2) is 7.31. The van der Waals surface area contributed by atoms with Crippen LogP contribution in [0.25, 0.3) is 0 Å². The van der Waals surface area contributed by atoms with Crippen LogP contribution in [0.3, 0.4) is 0 Å². The molecule has 4 heteroatoms. The van der Waals surface area contributed by atoms with E-state index in [1.807, 2.05) is 24.3 Å². The maximum absolute atomic E-state index is 5.45. The molecule has 0 aliphatic carbocycles. The summed E-state index contributed by atoms with van der Waals surface area (Å²) in [6, 6.07) is 7.91. The van der Waals surface area contributed by atoms with Crippen LogP contribution in [-0.4, -0.2) is 25.7 Å². The van der Waals surface area contributed by atoms with Crippen LogP contribution in [0.15, 0.2) is 24.3 Å². The number of alkyl halides is 1. The minimum absolute atomic E-state index is 0.531. The highest BCUT2D eigenvalue weighted by Crippen LogP contribution is 2.13. The minimum atomic E-state index is 0.531. The smallest absolute Gasteiger partial charge is 0.119 e. The van der Waals surface area contributed by atoms with Crippen LogP contribution >= 0.6 is 34.2 Å². The van der Waals surface area contributed by atoms with Gasteiger partial charge in [-0.05, 0) is 46.9 Å². The Morgan fingerprint density at radius 3 is 2.43 bits per heavy atom. The third kappa shape index (κ3) is 5.02. The maximum atomic E-state index is 5.45. The van der Waals surface area contributed by atoms with E-state index >= 15 is 0 Å². The van der Waals surface area contributed by atoms with Crippen molar-refractivity contribution in [2.75, 3.05) is 25.7 Å². The van der Waals surface area contributed by atoms with Gasteiger partial charge >= 0.3 is 0 Å². The molecule has 0 fully saturated rings. The van der Waals surface area contributed by atoms with E-state index in [1.54, 1.807) is 0 Å². The first kappa shape index (κ1) is 12.1. The van der Waals surface area contributed by atoms with Gasteiger partial charge in [0.1, 0.15) is 12.4 Å². The van der Waals surface area contributed by atoms with Crippen molar-refractivity contribution < 1.29 is 9.47 Å². The zero-order chi connectivity index (χ0) is 10.2. The summed E-state index contributed by atoms with van der Waals surface area (Å²) in [7, 11) is 0. The van der Waals surface area contributed by atoms with Gasteiger partial charge in [0.05, 0.1) is 13.2 Å². The van der Waals surface area contributed by atoms with E-state index in [9.17, 15) is 0 Å². The molecule has 0 radical (unpaired) electrons. The Balaban J connectivity index is 2.15. The molecule has 1 aromatic rings. The van der Waals surface area contributed by atoms with Crippen LogP contribution in [0, 0.1) is 3.57 Å². The SMILES string of the molecule is ClCCOCCOc1ccc(I)cc1. The lowest BCUT2D eigenvalue weighted by molar-refractivity contribution is 0.111. The Bertz CT molecular complexity index is 251. The highest BCUT2D eigenvalue weighted by Gasteiger charge is 1.93. The molecule has 0 heterocycles. The molecule has 0 aromatic heterocycles. The van der Waals surface area contributed by atoms with Gasteiger partial charge in [0.15, 0.2) is 0 Å². The van der Waals surface area contributed by atoms with Gasteiger partial charge in [0, 0.05) is 9.45 Å². The lowest BCUT2D eigenvalue weighted by Gasteiger charge is -2.05. The summed E-state index contributed by atoms with van der Waals surface area (Å²) in [4.78, 5) is 0. The fraction of sp³-hybridized carbons (Fsp3) is 0.400. The molecule has 0 aliphatic rings. The summed E-state index contributed by atoms with van der Waals surface area (Å²) in [6.07, 6.45) is 0. The van der Waals surface area contributed by atoms with E-state index in [0.717, 1.165) is 5.75 Å². The van der Waals surface area contributed by atoms with Gasteiger partial charge < -0.3 is 9.47 Å². The highest BCUT2D eigenvalue weighted by molar-refractivity contribution is 14.1. The van der Waals surface area contributed by atoms with Crippen LogP contribution in [0.2, 0.25) is 0 Å². The molecule has 0 N–H and O–H groups in total.